The third kappa shape index (κ3) is 2.81. The van der Waals surface area contributed by atoms with Crippen molar-refractivity contribution in [3.05, 3.63) is 23.9 Å². The molecule has 4 nitrogen and oxygen atoms in total. The van der Waals surface area contributed by atoms with Crippen LogP contribution in [0.4, 0.5) is 5.82 Å². The zero-order chi connectivity index (χ0) is 13.0. The highest BCUT2D eigenvalue weighted by Gasteiger charge is 2.20. The molecule has 0 radical (unpaired) electrons. The Hall–Kier alpha value is -1.58. The molecule has 4 heteroatoms. The summed E-state index contributed by atoms with van der Waals surface area (Å²) < 4.78 is 0. The van der Waals surface area contributed by atoms with Gasteiger partial charge in [0, 0.05) is 12.6 Å². The molecule has 1 atom stereocenters. The largest absolute Gasteiger partial charge is 0.382 e. The summed E-state index contributed by atoms with van der Waals surface area (Å²) in [5.74, 6) is 1.01. The van der Waals surface area contributed by atoms with Gasteiger partial charge in [0.25, 0.3) is 0 Å². The first-order chi connectivity index (χ1) is 8.72. The van der Waals surface area contributed by atoms with E-state index in [0.717, 1.165) is 18.8 Å². The lowest BCUT2D eigenvalue weighted by Crippen LogP contribution is -2.35. The molecule has 1 fully saturated rings. The van der Waals surface area contributed by atoms with E-state index in [1.165, 1.54) is 25.7 Å². The average molecular weight is 246 g/mol. The Kier molecular flexibility index (Phi) is 4.18. The number of nitrogens with one attached hydrogen (secondary N) is 1. The number of anilines is 1. The molecule has 3 N–H and O–H groups in total. The molecule has 18 heavy (non-hydrogen) atoms. The fourth-order valence-corrected chi connectivity index (χ4v) is 2.64. The molecule has 1 unspecified atom stereocenters. The topological polar surface area (TPSA) is 66.0 Å². The summed E-state index contributed by atoms with van der Waals surface area (Å²) >= 11 is 0. The maximum Gasteiger partial charge on any atom is 0.141 e. The maximum absolute atomic E-state index is 7.48. The van der Waals surface area contributed by atoms with Crippen LogP contribution in [0.5, 0.6) is 0 Å². The molecule has 2 heterocycles. The summed E-state index contributed by atoms with van der Waals surface area (Å²) in [6, 6.07) is 6.34. The molecular weight excluding hydrogens is 224 g/mol. The van der Waals surface area contributed by atoms with Crippen molar-refractivity contribution in [3.63, 3.8) is 0 Å². The van der Waals surface area contributed by atoms with Crippen LogP contribution in [-0.4, -0.2) is 23.4 Å². The summed E-state index contributed by atoms with van der Waals surface area (Å²) in [4.78, 5) is 6.90. The second-order valence-electron chi connectivity index (χ2n) is 4.90. The quantitative estimate of drug-likeness (QED) is 0.636. The van der Waals surface area contributed by atoms with Gasteiger partial charge < -0.3 is 10.6 Å². The molecule has 2 rings (SSSR count). The van der Waals surface area contributed by atoms with Gasteiger partial charge in [-0.25, -0.2) is 4.98 Å². The van der Waals surface area contributed by atoms with Crippen LogP contribution in [0, 0.1) is 5.41 Å². The minimum absolute atomic E-state index is 0.0414. The molecule has 1 aromatic heterocycles. The van der Waals surface area contributed by atoms with Crippen LogP contribution < -0.4 is 10.6 Å². The van der Waals surface area contributed by atoms with Crippen LogP contribution in [0.15, 0.2) is 18.2 Å². The molecule has 0 aliphatic carbocycles. The van der Waals surface area contributed by atoms with Gasteiger partial charge in [-0.3, -0.25) is 5.41 Å². The van der Waals surface area contributed by atoms with E-state index in [4.69, 9.17) is 11.1 Å². The van der Waals surface area contributed by atoms with Crippen molar-refractivity contribution in [1.82, 2.24) is 4.98 Å². The van der Waals surface area contributed by atoms with Crippen molar-refractivity contribution in [2.45, 2.75) is 45.1 Å². The zero-order valence-electron chi connectivity index (χ0n) is 11.0. The van der Waals surface area contributed by atoms with Gasteiger partial charge in [0.15, 0.2) is 0 Å². The first-order valence-electron chi connectivity index (χ1n) is 6.80. The SMILES string of the molecule is CCC1CCCCCN1c1cccc(C(=N)N)n1. The van der Waals surface area contributed by atoms with E-state index in [9.17, 15) is 0 Å². The molecule has 0 bridgehead atoms. The molecule has 0 aromatic carbocycles. The predicted octanol–water partition coefficient (Wildman–Crippen LogP) is 2.52. The Balaban J connectivity index is 2.26. The average Bonchev–Trinajstić information content (AvgIpc) is 2.63. The number of rotatable bonds is 3. The molecular formula is C14H22N4. The van der Waals surface area contributed by atoms with E-state index < -0.39 is 0 Å². The fraction of sp³-hybridized carbons (Fsp3) is 0.571. The van der Waals surface area contributed by atoms with Crippen LogP contribution in [0.25, 0.3) is 0 Å². The Bertz CT molecular complexity index is 416. The Morgan fingerprint density at radius 1 is 1.44 bits per heavy atom. The van der Waals surface area contributed by atoms with E-state index in [-0.39, 0.29) is 5.84 Å². The molecule has 1 aliphatic rings. The summed E-state index contributed by atoms with van der Waals surface area (Å²) in [7, 11) is 0. The number of aromatic nitrogens is 1. The third-order valence-corrected chi connectivity index (χ3v) is 3.65. The van der Waals surface area contributed by atoms with E-state index >= 15 is 0 Å². The van der Waals surface area contributed by atoms with Gasteiger partial charge in [-0.1, -0.05) is 25.8 Å². The highest BCUT2D eigenvalue weighted by Crippen LogP contribution is 2.24. The Morgan fingerprint density at radius 3 is 3.00 bits per heavy atom. The molecule has 1 saturated heterocycles. The van der Waals surface area contributed by atoms with Crippen LogP contribution in [0.2, 0.25) is 0 Å². The van der Waals surface area contributed by atoms with Gasteiger partial charge in [0.2, 0.25) is 0 Å². The van der Waals surface area contributed by atoms with Crippen LogP contribution in [0.1, 0.15) is 44.7 Å². The van der Waals surface area contributed by atoms with Gasteiger partial charge in [-0.15, -0.1) is 0 Å². The number of pyridine rings is 1. The van der Waals surface area contributed by atoms with E-state index in [2.05, 4.69) is 16.8 Å². The van der Waals surface area contributed by atoms with E-state index in [1.54, 1.807) is 6.07 Å². The second kappa shape index (κ2) is 5.85. The normalized spacial score (nSPS) is 20.5. The summed E-state index contributed by atoms with van der Waals surface area (Å²) in [6.07, 6.45) is 6.22. The number of nitrogens with zero attached hydrogens (tertiary/aromatic N) is 2. The van der Waals surface area contributed by atoms with Crippen molar-refractivity contribution >= 4 is 11.7 Å². The van der Waals surface area contributed by atoms with Gasteiger partial charge >= 0.3 is 0 Å². The number of hydrogen-bond acceptors (Lipinski definition) is 3. The van der Waals surface area contributed by atoms with Crippen LogP contribution >= 0.6 is 0 Å². The van der Waals surface area contributed by atoms with E-state index in [0.29, 0.717) is 11.7 Å². The van der Waals surface area contributed by atoms with Crippen molar-refractivity contribution < 1.29 is 0 Å². The third-order valence-electron chi connectivity index (χ3n) is 3.65. The standard InChI is InChI=1S/C14H22N4/c1-2-11-7-4-3-5-10-18(11)13-9-6-8-12(17-13)14(15)16/h6,8-9,11H,2-5,7,10H2,1H3,(H3,15,16). The lowest BCUT2D eigenvalue weighted by Gasteiger charge is -2.30. The Morgan fingerprint density at radius 2 is 2.28 bits per heavy atom. The molecule has 1 aromatic rings. The first-order valence-corrected chi connectivity index (χ1v) is 6.80. The van der Waals surface area contributed by atoms with Gasteiger partial charge in [-0.2, -0.15) is 0 Å². The first kappa shape index (κ1) is 12.9. The van der Waals surface area contributed by atoms with Crippen molar-refractivity contribution in [1.29, 1.82) is 5.41 Å². The molecule has 98 valence electrons. The highest BCUT2D eigenvalue weighted by molar-refractivity contribution is 5.93. The van der Waals surface area contributed by atoms with Crippen molar-refractivity contribution in [2.24, 2.45) is 5.73 Å². The monoisotopic (exact) mass is 246 g/mol. The zero-order valence-corrected chi connectivity index (χ0v) is 11.0. The minimum atomic E-state index is 0.0414. The predicted molar refractivity (Wildman–Crippen MR) is 75.1 cm³/mol. The lowest BCUT2D eigenvalue weighted by molar-refractivity contribution is 0.552. The summed E-state index contributed by atoms with van der Waals surface area (Å²) in [5, 5.41) is 7.48. The number of hydrogen-bond donors (Lipinski definition) is 2. The molecule has 1 aliphatic heterocycles. The highest BCUT2D eigenvalue weighted by atomic mass is 15.2. The van der Waals surface area contributed by atoms with Crippen LogP contribution in [-0.2, 0) is 0 Å². The smallest absolute Gasteiger partial charge is 0.141 e. The second-order valence-corrected chi connectivity index (χ2v) is 4.90. The van der Waals surface area contributed by atoms with Gasteiger partial charge in [-0.05, 0) is 31.4 Å². The van der Waals surface area contributed by atoms with Crippen molar-refractivity contribution in [2.75, 3.05) is 11.4 Å². The lowest BCUT2D eigenvalue weighted by atomic mass is 10.1. The maximum atomic E-state index is 7.48. The number of nitrogen functional groups attached to an aromatic ring is 1. The molecule has 0 amide bonds. The molecule has 0 saturated carbocycles. The Labute approximate surface area is 109 Å². The van der Waals surface area contributed by atoms with Gasteiger partial charge in [0.1, 0.15) is 17.3 Å². The minimum Gasteiger partial charge on any atom is -0.382 e. The summed E-state index contributed by atoms with van der Waals surface area (Å²) in [6.45, 7) is 3.30. The van der Waals surface area contributed by atoms with Gasteiger partial charge in [0.05, 0.1) is 0 Å². The number of nitrogens with two attached hydrogens (primary N) is 1. The van der Waals surface area contributed by atoms with Crippen LogP contribution in [0.3, 0.4) is 0 Å². The van der Waals surface area contributed by atoms with E-state index in [1.807, 2.05) is 12.1 Å². The van der Waals surface area contributed by atoms with Crippen molar-refractivity contribution in [3.8, 4) is 0 Å². The number of amidine groups is 1. The molecule has 0 spiro atoms. The fourth-order valence-electron chi connectivity index (χ4n) is 2.64. The summed E-state index contributed by atoms with van der Waals surface area (Å²) in [5.41, 5.74) is 6.09.